The molecule has 1 rings (SSSR count). The van der Waals surface area contributed by atoms with Crippen LogP contribution in [0.4, 0.5) is 0 Å². The number of sulfone groups is 1. The van der Waals surface area contributed by atoms with E-state index >= 15 is 0 Å². The third-order valence-electron chi connectivity index (χ3n) is 2.34. The number of aryl methyl sites for hydroxylation is 2. The van der Waals surface area contributed by atoms with Crippen molar-refractivity contribution >= 4 is 16.1 Å². The molecule has 82 valence electrons. The van der Waals surface area contributed by atoms with Crippen LogP contribution in [0, 0.1) is 13.8 Å². The van der Waals surface area contributed by atoms with Gasteiger partial charge in [-0.25, -0.2) is 8.42 Å². The Bertz CT molecular complexity index is 461. The Labute approximate surface area is 90.0 Å². The fourth-order valence-electron chi connectivity index (χ4n) is 1.23. The van der Waals surface area contributed by atoms with Crippen LogP contribution in [0.1, 0.15) is 17.5 Å². The second-order valence-electron chi connectivity index (χ2n) is 3.52. The first kappa shape index (κ1) is 11.9. The Balaban J connectivity index is 3.05. The number of carbonyl (C=O) groups is 1. The lowest BCUT2D eigenvalue weighted by atomic mass is 10.1. The predicted molar refractivity (Wildman–Crippen MR) is 58.6 cm³/mol. The third-order valence-corrected chi connectivity index (χ3v) is 4.09. The summed E-state index contributed by atoms with van der Waals surface area (Å²) < 4.78 is 23.4. The maximum absolute atomic E-state index is 11.7. The van der Waals surface area contributed by atoms with Gasteiger partial charge < -0.3 is 4.79 Å². The SMILES string of the molecule is Cc1ccc(S(=O)(=O)CCC=O)cc1C. The number of aldehydes is 1. The van der Waals surface area contributed by atoms with E-state index < -0.39 is 9.84 Å². The Morgan fingerprint density at radius 2 is 1.87 bits per heavy atom. The van der Waals surface area contributed by atoms with Gasteiger partial charge in [-0.2, -0.15) is 0 Å². The Morgan fingerprint density at radius 1 is 1.20 bits per heavy atom. The van der Waals surface area contributed by atoms with Crippen molar-refractivity contribution in [3.63, 3.8) is 0 Å². The lowest BCUT2D eigenvalue weighted by Gasteiger charge is -2.05. The van der Waals surface area contributed by atoms with Crippen molar-refractivity contribution in [1.82, 2.24) is 0 Å². The van der Waals surface area contributed by atoms with Crippen LogP contribution in [0.15, 0.2) is 23.1 Å². The highest BCUT2D eigenvalue weighted by Gasteiger charge is 2.13. The molecule has 0 aliphatic carbocycles. The lowest BCUT2D eigenvalue weighted by Crippen LogP contribution is -2.07. The molecular weight excluding hydrogens is 212 g/mol. The van der Waals surface area contributed by atoms with E-state index in [1.54, 1.807) is 18.2 Å². The van der Waals surface area contributed by atoms with Crippen LogP contribution in [0.3, 0.4) is 0 Å². The van der Waals surface area contributed by atoms with Crippen molar-refractivity contribution in [1.29, 1.82) is 0 Å². The van der Waals surface area contributed by atoms with Gasteiger partial charge >= 0.3 is 0 Å². The fourth-order valence-corrected chi connectivity index (χ4v) is 2.50. The molecule has 1 aromatic rings. The highest BCUT2D eigenvalue weighted by molar-refractivity contribution is 7.91. The summed E-state index contributed by atoms with van der Waals surface area (Å²) in [5.74, 6) is -0.112. The molecule has 0 bridgehead atoms. The van der Waals surface area contributed by atoms with Crippen LogP contribution < -0.4 is 0 Å². The summed E-state index contributed by atoms with van der Waals surface area (Å²) in [5, 5.41) is 0. The van der Waals surface area contributed by atoms with Gasteiger partial charge in [-0.15, -0.1) is 0 Å². The van der Waals surface area contributed by atoms with Crippen molar-refractivity contribution in [2.45, 2.75) is 25.2 Å². The fraction of sp³-hybridized carbons (Fsp3) is 0.364. The topological polar surface area (TPSA) is 51.2 Å². The minimum atomic E-state index is -3.29. The van der Waals surface area contributed by atoms with Gasteiger partial charge in [0, 0.05) is 6.42 Å². The Hall–Kier alpha value is -1.16. The summed E-state index contributed by atoms with van der Waals surface area (Å²) in [6, 6.07) is 5.01. The van der Waals surface area contributed by atoms with Gasteiger partial charge in [-0.05, 0) is 37.1 Å². The van der Waals surface area contributed by atoms with E-state index in [9.17, 15) is 13.2 Å². The molecule has 0 radical (unpaired) electrons. The molecule has 0 aromatic heterocycles. The van der Waals surface area contributed by atoms with Crippen molar-refractivity contribution in [3.05, 3.63) is 29.3 Å². The summed E-state index contributed by atoms with van der Waals surface area (Å²) in [5.41, 5.74) is 2.01. The summed E-state index contributed by atoms with van der Waals surface area (Å²) in [4.78, 5) is 10.4. The maximum Gasteiger partial charge on any atom is 0.178 e. The highest BCUT2D eigenvalue weighted by Crippen LogP contribution is 2.16. The average Bonchev–Trinajstić information content (AvgIpc) is 2.19. The van der Waals surface area contributed by atoms with Gasteiger partial charge in [-0.3, -0.25) is 0 Å². The molecule has 0 saturated carbocycles. The molecule has 0 atom stereocenters. The van der Waals surface area contributed by atoms with Gasteiger partial charge in [0.25, 0.3) is 0 Å². The first-order chi connectivity index (χ1) is 6.97. The lowest BCUT2D eigenvalue weighted by molar-refractivity contribution is -0.107. The minimum absolute atomic E-state index is 0.0509. The monoisotopic (exact) mass is 226 g/mol. The van der Waals surface area contributed by atoms with E-state index in [1.807, 2.05) is 13.8 Å². The molecular formula is C11H14O3S. The molecule has 15 heavy (non-hydrogen) atoms. The zero-order valence-corrected chi connectivity index (χ0v) is 9.67. The average molecular weight is 226 g/mol. The standard InChI is InChI=1S/C11H14O3S/c1-9-4-5-11(8-10(9)2)15(13,14)7-3-6-12/h4-6,8H,3,7H2,1-2H3. The van der Waals surface area contributed by atoms with E-state index in [0.29, 0.717) is 11.2 Å². The van der Waals surface area contributed by atoms with Gasteiger partial charge in [0.2, 0.25) is 0 Å². The summed E-state index contributed by atoms with van der Waals surface area (Å²) in [6.45, 7) is 3.80. The number of carbonyl (C=O) groups excluding carboxylic acids is 1. The highest BCUT2D eigenvalue weighted by atomic mass is 32.2. The van der Waals surface area contributed by atoms with Gasteiger partial charge in [0.05, 0.1) is 10.6 Å². The first-order valence-electron chi connectivity index (χ1n) is 4.71. The molecule has 4 heteroatoms. The first-order valence-corrected chi connectivity index (χ1v) is 6.36. The van der Waals surface area contributed by atoms with Crippen molar-refractivity contribution in [2.24, 2.45) is 0 Å². The van der Waals surface area contributed by atoms with E-state index in [-0.39, 0.29) is 12.2 Å². The van der Waals surface area contributed by atoms with Crippen LogP contribution in [-0.4, -0.2) is 20.5 Å². The zero-order valence-electron chi connectivity index (χ0n) is 8.86. The molecule has 0 spiro atoms. The van der Waals surface area contributed by atoms with Crippen LogP contribution >= 0.6 is 0 Å². The molecule has 0 aliphatic rings. The summed E-state index contributed by atoms with van der Waals surface area (Å²) in [7, 11) is -3.29. The maximum atomic E-state index is 11.7. The second-order valence-corrected chi connectivity index (χ2v) is 5.63. The zero-order chi connectivity index (χ0) is 11.5. The number of hydrogen-bond donors (Lipinski definition) is 0. The largest absolute Gasteiger partial charge is 0.303 e. The van der Waals surface area contributed by atoms with Crippen molar-refractivity contribution < 1.29 is 13.2 Å². The van der Waals surface area contributed by atoms with Crippen LogP contribution in [0.2, 0.25) is 0 Å². The molecule has 0 unspecified atom stereocenters. The van der Waals surface area contributed by atoms with Gasteiger partial charge in [0.1, 0.15) is 6.29 Å². The van der Waals surface area contributed by atoms with E-state index in [2.05, 4.69) is 0 Å². The normalized spacial score (nSPS) is 11.3. The molecule has 0 fully saturated rings. The smallest absolute Gasteiger partial charge is 0.178 e. The molecule has 0 aliphatic heterocycles. The Morgan fingerprint density at radius 3 is 2.40 bits per heavy atom. The molecule has 1 aromatic carbocycles. The van der Waals surface area contributed by atoms with Crippen LogP contribution in [0.5, 0.6) is 0 Å². The summed E-state index contributed by atoms with van der Waals surface area (Å²) >= 11 is 0. The number of benzene rings is 1. The molecule has 3 nitrogen and oxygen atoms in total. The number of hydrogen-bond acceptors (Lipinski definition) is 3. The van der Waals surface area contributed by atoms with E-state index in [0.717, 1.165) is 11.1 Å². The van der Waals surface area contributed by atoms with E-state index in [4.69, 9.17) is 0 Å². The summed E-state index contributed by atoms with van der Waals surface area (Å²) in [6.07, 6.45) is 0.674. The van der Waals surface area contributed by atoms with Crippen molar-refractivity contribution in [3.8, 4) is 0 Å². The quantitative estimate of drug-likeness (QED) is 0.734. The van der Waals surface area contributed by atoms with Gasteiger partial charge in [0.15, 0.2) is 9.84 Å². The second kappa shape index (κ2) is 4.57. The van der Waals surface area contributed by atoms with Crippen molar-refractivity contribution in [2.75, 3.05) is 5.75 Å². The van der Waals surface area contributed by atoms with Crippen LogP contribution in [-0.2, 0) is 14.6 Å². The molecule has 0 amide bonds. The van der Waals surface area contributed by atoms with Gasteiger partial charge in [-0.1, -0.05) is 6.07 Å². The minimum Gasteiger partial charge on any atom is -0.303 e. The van der Waals surface area contributed by atoms with E-state index in [1.165, 1.54) is 0 Å². The third kappa shape index (κ3) is 2.89. The predicted octanol–water partition coefficient (Wildman–Crippen LogP) is 1.67. The Kier molecular flexibility index (Phi) is 3.63. The molecule has 0 heterocycles. The molecule has 0 saturated heterocycles. The molecule has 0 N–H and O–H groups in total. The van der Waals surface area contributed by atoms with Crippen LogP contribution in [0.25, 0.3) is 0 Å². The number of rotatable bonds is 4.